The van der Waals surface area contributed by atoms with E-state index in [1.807, 2.05) is 5.51 Å². The second kappa shape index (κ2) is 6.82. The topological polar surface area (TPSA) is 28.2 Å². The Hall–Kier alpha value is -0.450. The molecule has 3 unspecified atom stereocenters. The molecule has 108 valence electrons. The molecule has 0 aliphatic carbocycles. The molecule has 2 heterocycles. The van der Waals surface area contributed by atoms with E-state index in [2.05, 4.69) is 48.3 Å². The summed E-state index contributed by atoms with van der Waals surface area (Å²) in [4.78, 5) is 7.08. The number of aromatic nitrogens is 1. The molecule has 1 aromatic rings. The normalized spacial score (nSPS) is 26.8. The second-order valence-electron chi connectivity index (χ2n) is 6.12. The summed E-state index contributed by atoms with van der Waals surface area (Å²) >= 11 is 1.70. The number of piperazine rings is 1. The molecule has 3 atom stereocenters. The summed E-state index contributed by atoms with van der Waals surface area (Å²) in [6.07, 6.45) is 1.24. The Kier molecular flexibility index (Phi) is 5.37. The molecule has 0 saturated carbocycles. The highest BCUT2D eigenvalue weighted by molar-refractivity contribution is 7.07. The highest BCUT2D eigenvalue weighted by Gasteiger charge is 2.31. The van der Waals surface area contributed by atoms with Crippen molar-refractivity contribution < 1.29 is 0 Å². The van der Waals surface area contributed by atoms with E-state index in [9.17, 15) is 0 Å². The molecule has 0 amide bonds. The highest BCUT2D eigenvalue weighted by Crippen LogP contribution is 2.21. The van der Waals surface area contributed by atoms with Crippen LogP contribution >= 0.6 is 11.3 Å². The first-order valence-corrected chi connectivity index (χ1v) is 8.40. The maximum absolute atomic E-state index is 4.45. The number of thiazole rings is 1. The predicted molar refractivity (Wildman–Crippen MR) is 82.4 cm³/mol. The Labute approximate surface area is 121 Å². The quantitative estimate of drug-likeness (QED) is 0.899. The first kappa shape index (κ1) is 14.9. The van der Waals surface area contributed by atoms with Crippen molar-refractivity contribution in [2.75, 3.05) is 13.1 Å². The average Bonchev–Trinajstić information content (AvgIpc) is 2.90. The fourth-order valence-electron chi connectivity index (χ4n) is 2.88. The Morgan fingerprint density at radius 2 is 2.26 bits per heavy atom. The number of hydrogen-bond donors (Lipinski definition) is 1. The molecule has 0 radical (unpaired) electrons. The molecule has 0 bridgehead atoms. The van der Waals surface area contributed by atoms with E-state index in [1.54, 1.807) is 11.3 Å². The summed E-state index contributed by atoms with van der Waals surface area (Å²) in [5.74, 6) is 1.43. The smallest absolute Gasteiger partial charge is 0.0795 e. The SMILES string of the molecule is CCC(C)C1CN(Cc2cscn2)C(C(C)C)CN1. The Balaban J connectivity index is 2.04. The number of hydrogen-bond acceptors (Lipinski definition) is 4. The molecule has 19 heavy (non-hydrogen) atoms. The van der Waals surface area contributed by atoms with E-state index in [4.69, 9.17) is 0 Å². The van der Waals surface area contributed by atoms with Gasteiger partial charge < -0.3 is 5.32 Å². The van der Waals surface area contributed by atoms with E-state index in [0.717, 1.165) is 25.6 Å². The largest absolute Gasteiger partial charge is 0.311 e. The Bertz CT molecular complexity index is 363. The summed E-state index contributed by atoms with van der Waals surface area (Å²) in [5, 5.41) is 5.93. The van der Waals surface area contributed by atoms with Gasteiger partial charge in [-0.3, -0.25) is 4.90 Å². The molecular weight excluding hydrogens is 254 g/mol. The average molecular weight is 281 g/mol. The highest BCUT2D eigenvalue weighted by atomic mass is 32.1. The summed E-state index contributed by atoms with van der Waals surface area (Å²) in [6, 6.07) is 1.25. The van der Waals surface area contributed by atoms with Gasteiger partial charge in [0.25, 0.3) is 0 Å². The van der Waals surface area contributed by atoms with Gasteiger partial charge in [0.1, 0.15) is 0 Å². The van der Waals surface area contributed by atoms with Crippen LogP contribution in [0.2, 0.25) is 0 Å². The third kappa shape index (κ3) is 3.77. The summed E-state index contributed by atoms with van der Waals surface area (Å²) in [6.45, 7) is 12.5. The molecule has 3 nitrogen and oxygen atoms in total. The van der Waals surface area contributed by atoms with Gasteiger partial charge in [-0.1, -0.05) is 34.1 Å². The molecule has 4 heteroatoms. The lowest BCUT2D eigenvalue weighted by molar-refractivity contribution is 0.0743. The standard InChI is InChI=1S/C15H27N3S/c1-5-12(4)14-8-18(7-13-9-19-10-17-13)15(6-16-14)11(2)3/h9-12,14-16H,5-8H2,1-4H3. The van der Waals surface area contributed by atoms with Gasteiger partial charge in [0, 0.05) is 37.1 Å². The van der Waals surface area contributed by atoms with E-state index in [0.29, 0.717) is 18.0 Å². The zero-order chi connectivity index (χ0) is 13.8. The predicted octanol–water partition coefficient (Wildman–Crippen LogP) is 2.99. The fraction of sp³-hybridized carbons (Fsp3) is 0.800. The van der Waals surface area contributed by atoms with Crippen LogP contribution in [0, 0.1) is 11.8 Å². The van der Waals surface area contributed by atoms with Crippen LogP contribution in [0.1, 0.15) is 39.8 Å². The molecule has 1 aliphatic heterocycles. The van der Waals surface area contributed by atoms with E-state index >= 15 is 0 Å². The van der Waals surface area contributed by atoms with Crippen LogP contribution in [0.5, 0.6) is 0 Å². The van der Waals surface area contributed by atoms with E-state index < -0.39 is 0 Å². The molecule has 0 aromatic carbocycles. The van der Waals surface area contributed by atoms with E-state index in [-0.39, 0.29) is 0 Å². The minimum absolute atomic E-state index is 0.624. The number of rotatable bonds is 5. The van der Waals surface area contributed by atoms with Crippen LogP contribution < -0.4 is 5.32 Å². The van der Waals surface area contributed by atoms with Crippen molar-refractivity contribution in [1.29, 1.82) is 0 Å². The molecule has 1 N–H and O–H groups in total. The van der Waals surface area contributed by atoms with Crippen LogP contribution in [0.15, 0.2) is 10.9 Å². The lowest BCUT2D eigenvalue weighted by atomic mass is 9.92. The van der Waals surface area contributed by atoms with Crippen LogP contribution in [-0.4, -0.2) is 35.1 Å². The molecule has 2 rings (SSSR count). The summed E-state index contributed by atoms with van der Waals surface area (Å²) < 4.78 is 0. The number of nitrogens with zero attached hydrogens (tertiary/aromatic N) is 2. The van der Waals surface area contributed by atoms with Crippen molar-refractivity contribution in [3.8, 4) is 0 Å². The van der Waals surface area contributed by atoms with Crippen LogP contribution in [0.3, 0.4) is 0 Å². The lowest BCUT2D eigenvalue weighted by Crippen LogP contribution is -2.59. The molecule has 1 aromatic heterocycles. The molecule has 1 aliphatic rings. The second-order valence-corrected chi connectivity index (χ2v) is 6.84. The molecular formula is C15H27N3S. The molecule has 1 fully saturated rings. The van der Waals surface area contributed by atoms with Gasteiger partial charge in [0.2, 0.25) is 0 Å². The van der Waals surface area contributed by atoms with Gasteiger partial charge in [0.15, 0.2) is 0 Å². The minimum Gasteiger partial charge on any atom is -0.311 e. The van der Waals surface area contributed by atoms with Gasteiger partial charge in [-0.05, 0) is 11.8 Å². The van der Waals surface area contributed by atoms with Gasteiger partial charge >= 0.3 is 0 Å². The van der Waals surface area contributed by atoms with Gasteiger partial charge in [0.05, 0.1) is 11.2 Å². The van der Waals surface area contributed by atoms with Crippen LogP contribution in [0.4, 0.5) is 0 Å². The third-order valence-electron chi connectivity index (χ3n) is 4.44. The zero-order valence-electron chi connectivity index (χ0n) is 12.6. The zero-order valence-corrected chi connectivity index (χ0v) is 13.4. The maximum atomic E-state index is 4.45. The van der Waals surface area contributed by atoms with Crippen molar-refractivity contribution in [3.05, 3.63) is 16.6 Å². The fourth-order valence-corrected chi connectivity index (χ4v) is 3.43. The third-order valence-corrected chi connectivity index (χ3v) is 5.07. The van der Waals surface area contributed by atoms with Crippen LogP contribution in [0.25, 0.3) is 0 Å². The number of nitrogens with one attached hydrogen (secondary N) is 1. The van der Waals surface area contributed by atoms with Crippen molar-refractivity contribution in [1.82, 2.24) is 15.2 Å². The molecule has 0 spiro atoms. The van der Waals surface area contributed by atoms with Crippen molar-refractivity contribution in [2.24, 2.45) is 11.8 Å². The Morgan fingerprint density at radius 3 is 2.84 bits per heavy atom. The van der Waals surface area contributed by atoms with Gasteiger partial charge in [-0.25, -0.2) is 4.98 Å². The monoisotopic (exact) mass is 281 g/mol. The summed E-state index contributed by atoms with van der Waals surface area (Å²) in [7, 11) is 0. The van der Waals surface area contributed by atoms with Gasteiger partial charge in [-0.2, -0.15) is 0 Å². The summed E-state index contributed by atoms with van der Waals surface area (Å²) in [5.41, 5.74) is 3.16. The van der Waals surface area contributed by atoms with Crippen LogP contribution in [-0.2, 0) is 6.54 Å². The lowest BCUT2D eigenvalue weighted by Gasteiger charge is -2.44. The molecule has 1 saturated heterocycles. The van der Waals surface area contributed by atoms with E-state index in [1.165, 1.54) is 12.1 Å². The first-order valence-electron chi connectivity index (χ1n) is 7.46. The van der Waals surface area contributed by atoms with Gasteiger partial charge in [-0.15, -0.1) is 11.3 Å². The van der Waals surface area contributed by atoms with Crippen molar-refractivity contribution in [2.45, 2.75) is 52.7 Å². The van der Waals surface area contributed by atoms with Crippen molar-refractivity contribution >= 4 is 11.3 Å². The maximum Gasteiger partial charge on any atom is 0.0795 e. The van der Waals surface area contributed by atoms with Crippen molar-refractivity contribution in [3.63, 3.8) is 0 Å². The minimum atomic E-state index is 0.624. The first-order chi connectivity index (χ1) is 9.11. The Morgan fingerprint density at radius 1 is 1.47 bits per heavy atom.